The van der Waals surface area contributed by atoms with Gasteiger partial charge < -0.3 is 14.6 Å². The molecule has 0 bridgehead atoms. The molecule has 0 atom stereocenters. The van der Waals surface area contributed by atoms with Crippen molar-refractivity contribution in [3.63, 3.8) is 0 Å². The lowest BCUT2D eigenvalue weighted by molar-refractivity contribution is -0.116. The van der Waals surface area contributed by atoms with E-state index < -0.39 is 0 Å². The van der Waals surface area contributed by atoms with Crippen molar-refractivity contribution in [3.05, 3.63) is 41.0 Å². The standard InChI is InChI=1S/C17H18N4O3S/c1-11(22)13-9-21(14-6-4-3-5-12(13)14)8-7-15(23)18-17-20-19-16(25-17)10-24-2/h3-6,9H,7-8,10H2,1-2H3,(H,18,20,23). The minimum Gasteiger partial charge on any atom is -0.377 e. The Morgan fingerprint density at radius 2 is 2.08 bits per heavy atom. The van der Waals surface area contributed by atoms with Crippen LogP contribution in [0.1, 0.15) is 28.7 Å². The number of aryl methyl sites for hydroxylation is 1. The molecule has 0 aliphatic heterocycles. The maximum absolute atomic E-state index is 12.1. The molecular weight excluding hydrogens is 340 g/mol. The Bertz CT molecular complexity index is 916. The minimum atomic E-state index is -0.151. The SMILES string of the molecule is COCc1nnc(NC(=O)CCn2cc(C(C)=O)c3ccccc32)s1. The molecule has 0 aliphatic rings. The zero-order valence-electron chi connectivity index (χ0n) is 14.0. The van der Waals surface area contributed by atoms with Gasteiger partial charge in [-0.05, 0) is 13.0 Å². The number of carbonyl (C=O) groups excluding carboxylic acids is 2. The van der Waals surface area contributed by atoms with E-state index in [0.717, 1.165) is 10.9 Å². The summed E-state index contributed by atoms with van der Waals surface area (Å²) in [6.45, 7) is 2.39. The number of ketones is 1. The molecule has 3 rings (SSSR count). The van der Waals surface area contributed by atoms with Gasteiger partial charge in [-0.15, -0.1) is 10.2 Å². The summed E-state index contributed by atoms with van der Waals surface area (Å²) in [5, 5.41) is 12.7. The van der Waals surface area contributed by atoms with Gasteiger partial charge in [0.1, 0.15) is 11.6 Å². The number of aromatic nitrogens is 3. The van der Waals surface area contributed by atoms with Crippen molar-refractivity contribution in [1.29, 1.82) is 0 Å². The van der Waals surface area contributed by atoms with Gasteiger partial charge in [0.25, 0.3) is 0 Å². The van der Waals surface area contributed by atoms with Crippen LogP contribution in [0.5, 0.6) is 0 Å². The van der Waals surface area contributed by atoms with Crippen LogP contribution in [0.25, 0.3) is 10.9 Å². The van der Waals surface area contributed by atoms with E-state index >= 15 is 0 Å². The van der Waals surface area contributed by atoms with E-state index in [-0.39, 0.29) is 18.1 Å². The van der Waals surface area contributed by atoms with Crippen LogP contribution in [-0.2, 0) is 22.7 Å². The van der Waals surface area contributed by atoms with Crippen molar-refractivity contribution in [2.75, 3.05) is 12.4 Å². The molecule has 8 heteroatoms. The first kappa shape index (κ1) is 17.2. The fourth-order valence-electron chi connectivity index (χ4n) is 2.60. The summed E-state index contributed by atoms with van der Waals surface area (Å²) in [4.78, 5) is 23.9. The summed E-state index contributed by atoms with van der Waals surface area (Å²) in [6, 6.07) is 7.68. The van der Waals surface area contributed by atoms with E-state index in [1.54, 1.807) is 14.0 Å². The Kier molecular flexibility index (Phi) is 5.20. The molecular formula is C17H18N4O3S. The van der Waals surface area contributed by atoms with Crippen LogP contribution in [0.15, 0.2) is 30.5 Å². The first-order chi connectivity index (χ1) is 12.1. The molecule has 0 saturated carbocycles. The third kappa shape index (κ3) is 3.92. The largest absolute Gasteiger partial charge is 0.377 e. The van der Waals surface area contributed by atoms with Crippen LogP contribution >= 0.6 is 11.3 Å². The summed E-state index contributed by atoms with van der Waals surface area (Å²) >= 11 is 1.29. The Balaban J connectivity index is 1.67. The smallest absolute Gasteiger partial charge is 0.227 e. The van der Waals surface area contributed by atoms with Crippen molar-refractivity contribution >= 4 is 39.1 Å². The molecule has 0 unspecified atom stereocenters. The van der Waals surface area contributed by atoms with Crippen LogP contribution in [0.2, 0.25) is 0 Å². The molecule has 25 heavy (non-hydrogen) atoms. The first-order valence-electron chi connectivity index (χ1n) is 7.78. The number of hydrogen-bond donors (Lipinski definition) is 1. The van der Waals surface area contributed by atoms with E-state index in [1.807, 2.05) is 35.0 Å². The van der Waals surface area contributed by atoms with Gasteiger partial charge in [0, 0.05) is 42.7 Å². The van der Waals surface area contributed by atoms with Gasteiger partial charge in [-0.25, -0.2) is 0 Å². The van der Waals surface area contributed by atoms with E-state index in [4.69, 9.17) is 4.74 Å². The highest BCUT2D eigenvalue weighted by Gasteiger charge is 2.13. The van der Waals surface area contributed by atoms with Crippen LogP contribution in [0, 0.1) is 0 Å². The molecule has 130 valence electrons. The number of amides is 1. The summed E-state index contributed by atoms with van der Waals surface area (Å²) < 4.78 is 6.91. The molecule has 0 aliphatic carbocycles. The normalized spacial score (nSPS) is 11.0. The molecule has 1 aromatic carbocycles. The number of carbonyl (C=O) groups is 2. The van der Waals surface area contributed by atoms with E-state index in [1.165, 1.54) is 11.3 Å². The predicted octanol–water partition coefficient (Wildman–Crippen LogP) is 2.87. The van der Waals surface area contributed by atoms with Gasteiger partial charge >= 0.3 is 0 Å². The van der Waals surface area contributed by atoms with Gasteiger partial charge in [-0.2, -0.15) is 0 Å². The van der Waals surface area contributed by atoms with Crippen molar-refractivity contribution < 1.29 is 14.3 Å². The highest BCUT2D eigenvalue weighted by Crippen LogP contribution is 2.22. The van der Waals surface area contributed by atoms with E-state index in [9.17, 15) is 9.59 Å². The number of benzene rings is 1. The molecule has 1 N–H and O–H groups in total. The van der Waals surface area contributed by atoms with Crippen molar-refractivity contribution in [2.45, 2.75) is 26.5 Å². The number of rotatable bonds is 7. The summed E-state index contributed by atoms with van der Waals surface area (Å²) in [7, 11) is 1.58. The molecule has 1 amide bonds. The Hall–Kier alpha value is -2.58. The van der Waals surface area contributed by atoms with Crippen LogP contribution < -0.4 is 5.32 Å². The summed E-state index contributed by atoms with van der Waals surface area (Å²) in [6.07, 6.45) is 2.08. The van der Waals surface area contributed by atoms with Crippen molar-refractivity contribution in [2.24, 2.45) is 0 Å². The van der Waals surface area contributed by atoms with E-state index in [2.05, 4.69) is 15.5 Å². The Morgan fingerprint density at radius 3 is 2.84 bits per heavy atom. The average molecular weight is 358 g/mol. The molecule has 7 nitrogen and oxygen atoms in total. The van der Waals surface area contributed by atoms with Gasteiger partial charge in [0.2, 0.25) is 11.0 Å². The molecule has 0 spiro atoms. The maximum atomic E-state index is 12.1. The number of nitrogens with one attached hydrogen (secondary N) is 1. The van der Waals surface area contributed by atoms with Crippen molar-refractivity contribution in [1.82, 2.24) is 14.8 Å². The third-order valence-corrected chi connectivity index (χ3v) is 4.54. The fourth-order valence-corrected chi connectivity index (χ4v) is 3.33. The highest BCUT2D eigenvalue weighted by molar-refractivity contribution is 7.15. The third-order valence-electron chi connectivity index (χ3n) is 3.73. The van der Waals surface area contributed by atoms with Gasteiger partial charge in [0.05, 0.1) is 0 Å². The molecule has 3 aromatic rings. The fraction of sp³-hybridized carbons (Fsp3) is 0.294. The van der Waals surface area contributed by atoms with Crippen LogP contribution in [-0.4, -0.2) is 33.6 Å². The number of hydrogen-bond acceptors (Lipinski definition) is 6. The molecule has 2 aromatic heterocycles. The second-order valence-corrected chi connectivity index (χ2v) is 6.60. The second kappa shape index (κ2) is 7.54. The zero-order valence-corrected chi connectivity index (χ0v) is 14.8. The lowest BCUT2D eigenvalue weighted by Gasteiger charge is -2.05. The van der Waals surface area contributed by atoms with Crippen LogP contribution in [0.3, 0.4) is 0 Å². The van der Waals surface area contributed by atoms with Crippen molar-refractivity contribution in [3.8, 4) is 0 Å². The number of methoxy groups -OCH3 is 1. The Morgan fingerprint density at radius 1 is 1.28 bits per heavy atom. The topological polar surface area (TPSA) is 86.1 Å². The lowest BCUT2D eigenvalue weighted by Crippen LogP contribution is -2.14. The molecule has 0 saturated heterocycles. The number of anilines is 1. The minimum absolute atomic E-state index is 0.0129. The quantitative estimate of drug-likeness (QED) is 0.656. The summed E-state index contributed by atoms with van der Waals surface area (Å²) in [5.74, 6) is -0.138. The maximum Gasteiger partial charge on any atom is 0.227 e. The number of nitrogens with zero attached hydrogens (tertiary/aromatic N) is 3. The lowest BCUT2D eigenvalue weighted by atomic mass is 10.1. The molecule has 0 fully saturated rings. The van der Waals surface area contributed by atoms with Gasteiger partial charge in [-0.3, -0.25) is 9.59 Å². The zero-order chi connectivity index (χ0) is 17.8. The highest BCUT2D eigenvalue weighted by atomic mass is 32.1. The monoisotopic (exact) mass is 358 g/mol. The number of fused-ring (bicyclic) bond motifs is 1. The average Bonchev–Trinajstić information content (AvgIpc) is 3.18. The number of ether oxygens (including phenoxy) is 1. The number of Topliss-reactive ketones (excluding diaryl/α,β-unsaturated/α-hetero) is 1. The second-order valence-electron chi connectivity index (χ2n) is 5.54. The molecule has 0 radical (unpaired) electrons. The first-order valence-corrected chi connectivity index (χ1v) is 8.60. The number of para-hydroxylation sites is 1. The van der Waals surface area contributed by atoms with Crippen LogP contribution in [0.4, 0.5) is 5.13 Å². The van der Waals surface area contributed by atoms with Gasteiger partial charge in [-0.1, -0.05) is 29.5 Å². The van der Waals surface area contributed by atoms with E-state index in [0.29, 0.717) is 28.9 Å². The predicted molar refractivity (Wildman–Crippen MR) is 95.8 cm³/mol. The Labute approximate surface area is 148 Å². The van der Waals surface area contributed by atoms with Gasteiger partial charge in [0.15, 0.2) is 5.78 Å². The summed E-state index contributed by atoms with van der Waals surface area (Å²) in [5.41, 5.74) is 1.61. The molecule has 2 heterocycles.